The zero-order valence-corrected chi connectivity index (χ0v) is 47.3. The fourth-order valence-corrected chi connectivity index (χ4v) is 11.2. The summed E-state index contributed by atoms with van der Waals surface area (Å²) in [5, 5.41) is 2.15. The molecule has 0 bridgehead atoms. The van der Waals surface area contributed by atoms with Gasteiger partial charge in [-0.1, -0.05) is 227 Å². The summed E-state index contributed by atoms with van der Waals surface area (Å²) in [6.45, 7) is 9.14. The Morgan fingerprint density at radius 2 is 1.01 bits per heavy atom. The van der Waals surface area contributed by atoms with Crippen molar-refractivity contribution in [2.24, 2.45) is 0 Å². The van der Waals surface area contributed by atoms with E-state index in [1.165, 1.54) is 44.6 Å². The van der Waals surface area contributed by atoms with Gasteiger partial charge in [0, 0.05) is 11.1 Å². The van der Waals surface area contributed by atoms with Crippen LogP contribution in [0.2, 0.25) is 0 Å². The Kier molecular flexibility index (Phi) is 14.4. The number of furan rings is 1. The maximum atomic E-state index is 6.73. The van der Waals surface area contributed by atoms with Crippen LogP contribution < -0.4 is 4.57 Å². The summed E-state index contributed by atoms with van der Waals surface area (Å²) in [6.07, 6.45) is 3.64. The molecule has 80 heavy (non-hydrogen) atoms. The van der Waals surface area contributed by atoms with Crippen LogP contribution in [0.15, 0.2) is 259 Å². The fourth-order valence-electron chi connectivity index (χ4n) is 11.2. The first-order valence-corrected chi connectivity index (χ1v) is 27.2. The average molecular weight is 1210 g/mol. The van der Waals surface area contributed by atoms with E-state index in [2.05, 4.69) is 284 Å². The Morgan fingerprint density at radius 1 is 0.450 bits per heavy atom. The van der Waals surface area contributed by atoms with E-state index in [1.807, 2.05) is 30.3 Å². The molecule has 0 spiro atoms. The van der Waals surface area contributed by atoms with E-state index in [-0.39, 0.29) is 31.9 Å². The minimum Gasteiger partial charge on any atom is -0.501 e. The van der Waals surface area contributed by atoms with E-state index in [1.54, 1.807) is 0 Å². The minimum atomic E-state index is 0. The van der Waals surface area contributed by atoms with Crippen LogP contribution >= 0.6 is 0 Å². The van der Waals surface area contributed by atoms with Crippen molar-refractivity contribution in [1.82, 2.24) is 14.1 Å². The van der Waals surface area contributed by atoms with Crippen molar-refractivity contribution < 1.29 is 29.1 Å². The third-order valence-corrected chi connectivity index (χ3v) is 15.0. The summed E-state index contributed by atoms with van der Waals surface area (Å²) >= 11 is 0. The topological polar surface area (TPSA) is 39.8 Å². The van der Waals surface area contributed by atoms with Gasteiger partial charge < -0.3 is 13.6 Å². The van der Waals surface area contributed by atoms with Gasteiger partial charge in [0.2, 0.25) is 0 Å². The van der Waals surface area contributed by atoms with Gasteiger partial charge >= 0.3 is 20.1 Å². The number of hydrogen-bond acceptors (Lipinski definition) is 2. The molecule has 0 N–H and O–H groups in total. The normalized spacial score (nSPS) is 11.4. The van der Waals surface area contributed by atoms with Gasteiger partial charge in [0.25, 0.3) is 6.33 Å². The standard InChI is InChI=1S/C43H35N2O.C31H21N2.Ir/c1-27(2)36-24-32(30-16-9-6-10-17-30)25-37(28(3)4)41(36)45-39-21-12-11-20-38(39)44-43(45)35-19-13-18-34-33-23-22-31(26-40(33)46-42(34)35)29-14-7-5-8-15-29;1-4-13-24(14-5-1)27-19-12-20-28(25-15-6-2-7-16-25)31(27)33-23-32(26-17-8-3-9-18-26)29-21-10-11-22-30(29)33;/h5-18,20-28H,1-4H3;1-17,19-22H;/q2*-1;+3. The van der Waals surface area contributed by atoms with Crippen LogP contribution in [0.3, 0.4) is 0 Å². The summed E-state index contributed by atoms with van der Waals surface area (Å²) in [5.74, 6) is 1.41. The van der Waals surface area contributed by atoms with Gasteiger partial charge in [-0.15, -0.1) is 18.2 Å². The van der Waals surface area contributed by atoms with E-state index >= 15 is 0 Å². The Labute approximate surface area is 481 Å². The van der Waals surface area contributed by atoms with E-state index in [0.717, 1.165) is 83.5 Å². The first-order chi connectivity index (χ1) is 38.9. The van der Waals surface area contributed by atoms with Gasteiger partial charge in [-0.2, -0.15) is 30.3 Å². The van der Waals surface area contributed by atoms with E-state index in [9.17, 15) is 0 Å². The molecule has 0 aliphatic heterocycles. The number of aromatic nitrogens is 4. The van der Waals surface area contributed by atoms with Crippen LogP contribution in [0.4, 0.5) is 0 Å². The third kappa shape index (κ3) is 9.57. The number of fused-ring (bicyclic) bond motifs is 5. The molecule has 0 unspecified atom stereocenters. The number of para-hydroxylation sites is 6. The van der Waals surface area contributed by atoms with E-state index < -0.39 is 0 Å². The van der Waals surface area contributed by atoms with Gasteiger partial charge in [0.15, 0.2) is 0 Å². The van der Waals surface area contributed by atoms with Crippen LogP contribution in [-0.2, 0) is 20.1 Å². The van der Waals surface area contributed by atoms with E-state index in [0.29, 0.717) is 0 Å². The molecule has 5 nitrogen and oxygen atoms in total. The molecule has 14 rings (SSSR count). The van der Waals surface area contributed by atoms with Crippen LogP contribution in [-0.4, -0.2) is 14.1 Å². The molecule has 0 saturated heterocycles. The van der Waals surface area contributed by atoms with Crippen molar-refractivity contribution in [2.45, 2.75) is 39.5 Å². The first kappa shape index (κ1) is 51.6. The van der Waals surface area contributed by atoms with Crippen molar-refractivity contribution in [3.8, 4) is 73.0 Å². The van der Waals surface area contributed by atoms with Crippen molar-refractivity contribution >= 4 is 44.0 Å². The summed E-state index contributed by atoms with van der Waals surface area (Å²) in [4.78, 5) is 5.30. The zero-order valence-electron chi connectivity index (χ0n) is 44.9. The van der Waals surface area contributed by atoms with Gasteiger partial charge in [-0.3, -0.25) is 9.55 Å². The number of imidazole rings is 2. The zero-order chi connectivity index (χ0) is 53.4. The van der Waals surface area contributed by atoms with Crippen LogP contribution in [0, 0.1) is 18.5 Å². The smallest absolute Gasteiger partial charge is 0.501 e. The number of hydrogen-bond donors (Lipinski definition) is 0. The number of rotatable bonds is 10. The second kappa shape index (κ2) is 22.3. The van der Waals surface area contributed by atoms with Crippen molar-refractivity contribution in [3.05, 3.63) is 284 Å². The Hall–Kier alpha value is -9.19. The molecule has 0 atom stereocenters. The fraction of sp³-hybridized carbons (Fsp3) is 0.0811. The number of benzene rings is 11. The van der Waals surface area contributed by atoms with Gasteiger partial charge in [-0.25, -0.2) is 0 Å². The molecule has 0 radical (unpaired) electrons. The summed E-state index contributed by atoms with van der Waals surface area (Å²) in [5.41, 5.74) is 22.0. The van der Waals surface area contributed by atoms with Crippen LogP contribution in [0.5, 0.6) is 0 Å². The van der Waals surface area contributed by atoms with Gasteiger partial charge in [0.05, 0.1) is 39.2 Å². The molecular formula is C74H56IrN4O+. The Balaban J connectivity index is 0.000000166. The van der Waals surface area contributed by atoms with Gasteiger partial charge in [-0.05, 0) is 103 Å². The molecule has 0 aliphatic rings. The maximum absolute atomic E-state index is 6.73. The molecule has 3 aromatic heterocycles. The summed E-state index contributed by atoms with van der Waals surface area (Å²) in [6, 6.07) is 96.0. The average Bonchev–Trinajstić information content (AvgIpc) is 4.42. The summed E-state index contributed by atoms with van der Waals surface area (Å²) < 4.78 is 13.4. The molecule has 11 aromatic carbocycles. The molecule has 0 amide bonds. The van der Waals surface area contributed by atoms with E-state index in [4.69, 9.17) is 9.40 Å². The minimum absolute atomic E-state index is 0. The molecule has 0 aliphatic carbocycles. The van der Waals surface area contributed by atoms with Crippen molar-refractivity contribution in [2.75, 3.05) is 0 Å². The largest absolute Gasteiger partial charge is 3.00 e. The molecule has 0 saturated carbocycles. The Bertz CT molecular complexity index is 4380. The third-order valence-electron chi connectivity index (χ3n) is 15.0. The van der Waals surface area contributed by atoms with Crippen molar-refractivity contribution in [1.29, 1.82) is 0 Å². The van der Waals surface area contributed by atoms with Crippen LogP contribution in [0.1, 0.15) is 50.7 Å². The predicted octanol–water partition coefficient (Wildman–Crippen LogP) is 18.8. The SMILES string of the molecule is CC(C)c1cc(-c2ccccc2)cc(C(C)C)c1-n1c(-c2[c-]ccc3c2oc2cc(-c4ccccc4)ccc23)nc2ccccc21.[Ir+3].[c-]1ccccc1-[n+]1[c-]n(-c2c(-c3ccccc3)cccc2-c2ccccc2)c2ccccc21. The maximum Gasteiger partial charge on any atom is 3.00 e. The predicted molar refractivity (Wildman–Crippen MR) is 325 cm³/mol. The van der Waals surface area contributed by atoms with Crippen LogP contribution in [0.25, 0.3) is 117 Å². The molecular weight excluding hydrogens is 1150 g/mol. The second-order valence-corrected chi connectivity index (χ2v) is 20.7. The number of nitrogens with zero attached hydrogens (tertiary/aromatic N) is 4. The molecule has 6 heteroatoms. The monoisotopic (exact) mass is 1210 g/mol. The molecule has 386 valence electrons. The first-order valence-electron chi connectivity index (χ1n) is 27.2. The van der Waals surface area contributed by atoms with Gasteiger partial charge in [0.1, 0.15) is 5.58 Å². The van der Waals surface area contributed by atoms with Crippen molar-refractivity contribution in [3.63, 3.8) is 0 Å². The second-order valence-electron chi connectivity index (χ2n) is 20.7. The molecule has 14 aromatic rings. The summed E-state index contributed by atoms with van der Waals surface area (Å²) in [7, 11) is 0. The molecule has 0 fully saturated rings. The molecule has 3 heterocycles. The quantitative estimate of drug-likeness (QED) is 0.101. The Morgan fingerprint density at radius 3 is 1.62 bits per heavy atom.